The Kier molecular flexibility index (Phi) is 7.04. The normalized spacial score (nSPS) is 13.0. The summed E-state index contributed by atoms with van der Waals surface area (Å²) in [7, 11) is 0. The van der Waals surface area contributed by atoms with Crippen LogP contribution in [0.3, 0.4) is 0 Å². The van der Waals surface area contributed by atoms with Crippen molar-refractivity contribution in [2.45, 2.75) is 23.7 Å². The fraction of sp³-hybridized carbons (Fsp3) is 0.667. The van der Waals surface area contributed by atoms with Crippen molar-refractivity contribution in [3.63, 3.8) is 0 Å². The van der Waals surface area contributed by atoms with Crippen molar-refractivity contribution in [1.29, 1.82) is 0 Å². The molecule has 9 heteroatoms. The van der Waals surface area contributed by atoms with E-state index in [0.717, 1.165) is 0 Å². The van der Waals surface area contributed by atoms with Crippen molar-refractivity contribution in [2.75, 3.05) is 11.6 Å². The van der Waals surface area contributed by atoms with Crippen molar-refractivity contribution in [2.24, 2.45) is 0 Å². The molecule has 0 heterocycles. The van der Waals surface area contributed by atoms with Gasteiger partial charge in [-0.25, -0.2) is 0 Å². The molecule has 0 saturated carbocycles. The average molecular weight is 301 g/mol. The summed E-state index contributed by atoms with van der Waals surface area (Å²) in [6, 6.07) is 0. The van der Waals surface area contributed by atoms with Crippen LogP contribution in [0, 0.1) is 0 Å². The first-order valence-corrected chi connectivity index (χ1v) is 6.30. The summed E-state index contributed by atoms with van der Waals surface area (Å²) < 4.78 is -2.01. The van der Waals surface area contributed by atoms with Crippen molar-refractivity contribution in [3.8, 4) is 0 Å². The van der Waals surface area contributed by atoms with E-state index in [4.69, 9.17) is 26.9 Å². The maximum absolute atomic E-state index is 11.1. The number of hydrogen-bond acceptors (Lipinski definition) is 5. The quantitative estimate of drug-likeness (QED) is 0.440. The van der Waals surface area contributed by atoms with Crippen LogP contribution in [0.2, 0.25) is 0 Å². The molecule has 0 aromatic rings. The van der Waals surface area contributed by atoms with E-state index in [1.807, 2.05) is 0 Å². The third-order valence-corrected chi connectivity index (χ3v) is 3.92. The Labute approximate surface area is 112 Å². The molecule has 7 nitrogen and oxygen atoms in total. The fourth-order valence-electron chi connectivity index (χ4n) is 1.17. The Morgan fingerprint density at radius 2 is 1.56 bits per heavy atom. The molecule has 0 fully saturated rings. The average Bonchev–Trinajstić information content (AvgIpc) is 2.23. The van der Waals surface area contributed by atoms with Gasteiger partial charge in [-0.15, -0.1) is 23.4 Å². The molecule has 0 spiro atoms. The number of carbonyl (C=O) groups is 3. The van der Waals surface area contributed by atoms with Gasteiger partial charge in [0.1, 0.15) is 4.75 Å². The van der Waals surface area contributed by atoms with Crippen LogP contribution in [0.15, 0.2) is 0 Å². The molecule has 18 heavy (non-hydrogen) atoms. The van der Waals surface area contributed by atoms with E-state index in [1.165, 1.54) is 0 Å². The largest absolute Gasteiger partial charge is 0.481 e. The van der Waals surface area contributed by atoms with Crippen molar-refractivity contribution >= 4 is 41.3 Å². The SMILES string of the molecule is O=C(O)CC(CC(=O)O)(SCC(O)CCl)C(=O)O. The van der Waals surface area contributed by atoms with Gasteiger partial charge in [-0.1, -0.05) is 0 Å². The zero-order valence-electron chi connectivity index (χ0n) is 9.21. The summed E-state index contributed by atoms with van der Waals surface area (Å²) in [6.07, 6.45) is -2.74. The second kappa shape index (κ2) is 7.45. The Hall–Kier alpha value is -0.990. The Morgan fingerprint density at radius 1 is 1.11 bits per heavy atom. The first-order chi connectivity index (χ1) is 8.23. The summed E-state index contributed by atoms with van der Waals surface area (Å²) in [5.74, 6) is -4.70. The number of alkyl halides is 1. The molecule has 4 N–H and O–H groups in total. The first-order valence-electron chi connectivity index (χ1n) is 4.78. The summed E-state index contributed by atoms with van der Waals surface area (Å²) in [6.45, 7) is 0. The molecule has 0 amide bonds. The standard InChI is InChI=1S/C9H13ClO7S/c10-3-5(11)4-18-9(8(16)17,1-6(12)13)2-7(14)15/h5,11H,1-4H2,(H,12,13)(H,14,15)(H,16,17). The molecule has 0 saturated heterocycles. The third kappa shape index (κ3) is 5.56. The Bertz CT molecular complexity index is 317. The highest BCUT2D eigenvalue weighted by Crippen LogP contribution is 2.34. The van der Waals surface area contributed by atoms with Crippen molar-refractivity contribution < 1.29 is 34.8 Å². The van der Waals surface area contributed by atoms with E-state index in [9.17, 15) is 19.5 Å². The highest BCUT2D eigenvalue weighted by Gasteiger charge is 2.44. The second-order valence-corrected chi connectivity index (χ2v) is 5.27. The van der Waals surface area contributed by atoms with E-state index in [-0.39, 0.29) is 11.6 Å². The maximum Gasteiger partial charge on any atom is 0.320 e. The van der Waals surface area contributed by atoms with Crippen molar-refractivity contribution in [1.82, 2.24) is 0 Å². The summed E-state index contributed by atoms with van der Waals surface area (Å²) in [5.41, 5.74) is 0. The van der Waals surface area contributed by atoms with Crippen LogP contribution >= 0.6 is 23.4 Å². The molecule has 0 bridgehead atoms. The number of aliphatic carboxylic acids is 3. The minimum Gasteiger partial charge on any atom is -0.481 e. The lowest BCUT2D eigenvalue weighted by atomic mass is 10.0. The lowest BCUT2D eigenvalue weighted by molar-refractivity contribution is -0.150. The Balaban J connectivity index is 5.00. The van der Waals surface area contributed by atoms with Gasteiger partial charge < -0.3 is 20.4 Å². The number of hydrogen-bond donors (Lipinski definition) is 4. The molecular formula is C9H13ClO7S. The highest BCUT2D eigenvalue weighted by molar-refractivity contribution is 8.01. The number of halogens is 1. The van der Waals surface area contributed by atoms with Gasteiger partial charge in [-0.3, -0.25) is 14.4 Å². The Morgan fingerprint density at radius 3 is 1.83 bits per heavy atom. The molecule has 1 unspecified atom stereocenters. The zero-order chi connectivity index (χ0) is 14.3. The molecular weight excluding hydrogens is 288 g/mol. The van der Waals surface area contributed by atoms with E-state index < -0.39 is 41.6 Å². The lowest BCUT2D eigenvalue weighted by Crippen LogP contribution is -2.41. The molecule has 0 aliphatic rings. The predicted molar refractivity (Wildman–Crippen MR) is 64.1 cm³/mol. The molecule has 0 aromatic heterocycles. The third-order valence-electron chi connectivity index (χ3n) is 1.99. The zero-order valence-corrected chi connectivity index (χ0v) is 10.8. The van der Waals surface area contributed by atoms with Gasteiger partial charge in [0, 0.05) is 11.6 Å². The minimum atomic E-state index is -2.01. The van der Waals surface area contributed by atoms with Crippen LogP contribution in [0.5, 0.6) is 0 Å². The maximum atomic E-state index is 11.1. The van der Waals surface area contributed by atoms with Gasteiger partial charge in [-0.05, 0) is 0 Å². The predicted octanol–water partition coefficient (Wildman–Crippen LogP) is 0.0921. The monoisotopic (exact) mass is 300 g/mol. The van der Waals surface area contributed by atoms with Crippen molar-refractivity contribution in [3.05, 3.63) is 0 Å². The minimum absolute atomic E-state index is 0.150. The van der Waals surface area contributed by atoms with E-state index in [2.05, 4.69) is 0 Å². The number of aliphatic hydroxyl groups excluding tert-OH is 1. The molecule has 104 valence electrons. The van der Waals surface area contributed by atoms with E-state index in [0.29, 0.717) is 11.8 Å². The molecule has 0 aliphatic carbocycles. The van der Waals surface area contributed by atoms with Crippen LogP contribution in [-0.2, 0) is 14.4 Å². The number of aliphatic hydroxyl groups is 1. The number of thioether (sulfide) groups is 1. The second-order valence-electron chi connectivity index (χ2n) is 3.56. The summed E-state index contributed by atoms with van der Waals surface area (Å²) in [5, 5.41) is 35.6. The van der Waals surface area contributed by atoms with Crippen LogP contribution in [-0.4, -0.2) is 60.8 Å². The topological polar surface area (TPSA) is 132 Å². The van der Waals surface area contributed by atoms with Crippen LogP contribution in [0.1, 0.15) is 12.8 Å². The molecule has 1 atom stereocenters. The van der Waals surface area contributed by atoms with Gasteiger partial charge >= 0.3 is 17.9 Å². The smallest absolute Gasteiger partial charge is 0.320 e. The highest BCUT2D eigenvalue weighted by atomic mass is 35.5. The van der Waals surface area contributed by atoms with Crippen LogP contribution < -0.4 is 0 Å². The summed E-state index contributed by atoms with van der Waals surface area (Å²) in [4.78, 5) is 32.4. The lowest BCUT2D eigenvalue weighted by Gasteiger charge is -2.26. The van der Waals surface area contributed by atoms with Gasteiger partial charge in [0.05, 0.1) is 18.9 Å². The molecule has 0 aromatic carbocycles. The van der Waals surface area contributed by atoms with E-state index >= 15 is 0 Å². The fourth-order valence-corrected chi connectivity index (χ4v) is 2.61. The van der Waals surface area contributed by atoms with Crippen LogP contribution in [0.25, 0.3) is 0 Å². The molecule has 0 aliphatic heterocycles. The van der Waals surface area contributed by atoms with E-state index in [1.54, 1.807) is 0 Å². The van der Waals surface area contributed by atoms with Gasteiger partial charge in [-0.2, -0.15) is 0 Å². The molecule has 0 radical (unpaired) electrons. The summed E-state index contributed by atoms with van der Waals surface area (Å²) >= 11 is 5.90. The molecule has 0 rings (SSSR count). The number of carboxylic acids is 3. The number of rotatable bonds is 9. The first kappa shape index (κ1) is 17.0. The number of carboxylic acid groups (broad SMARTS) is 3. The van der Waals surface area contributed by atoms with Gasteiger partial charge in [0.25, 0.3) is 0 Å². The van der Waals surface area contributed by atoms with Gasteiger partial charge in [0.15, 0.2) is 0 Å². The van der Waals surface area contributed by atoms with Gasteiger partial charge in [0.2, 0.25) is 0 Å². The van der Waals surface area contributed by atoms with Crippen LogP contribution in [0.4, 0.5) is 0 Å².